The first-order chi connectivity index (χ1) is 29.4. The fourth-order valence-electron chi connectivity index (χ4n) is 8.76. The maximum absolute atomic E-state index is 14.5. The summed E-state index contributed by atoms with van der Waals surface area (Å²) in [5.41, 5.74) is 2.40. The zero-order valence-corrected chi connectivity index (χ0v) is 35.1. The van der Waals surface area contributed by atoms with Gasteiger partial charge in [-0.1, -0.05) is 79.9 Å². The minimum Gasteiger partial charge on any atom is -0.348 e. The van der Waals surface area contributed by atoms with Crippen LogP contribution in [0, 0.1) is 5.92 Å². The summed E-state index contributed by atoms with van der Waals surface area (Å²) in [7, 11) is 1.66. The summed E-state index contributed by atoms with van der Waals surface area (Å²) < 4.78 is 0. The Labute approximate surface area is 357 Å². The maximum atomic E-state index is 14.5. The van der Waals surface area contributed by atoms with Crippen molar-refractivity contribution in [3.05, 3.63) is 107 Å². The molecule has 1 saturated carbocycles. The van der Waals surface area contributed by atoms with E-state index in [1.54, 1.807) is 7.05 Å². The molecular weight excluding hydrogens is 777 g/mol. The molecule has 0 aromatic heterocycles. The largest absolute Gasteiger partial charge is 0.348 e. The van der Waals surface area contributed by atoms with Crippen molar-refractivity contribution in [3.8, 4) is 0 Å². The highest BCUT2D eigenvalue weighted by atomic mass is 16.2. The molecule has 3 aromatic rings. The van der Waals surface area contributed by atoms with Crippen molar-refractivity contribution < 1.29 is 33.6 Å². The highest BCUT2D eigenvalue weighted by Crippen LogP contribution is 2.30. The second-order valence-corrected chi connectivity index (χ2v) is 16.5. The fourth-order valence-corrected chi connectivity index (χ4v) is 8.76. The van der Waals surface area contributed by atoms with E-state index in [9.17, 15) is 33.6 Å². The number of carbonyl (C=O) groups excluding carboxylic acids is 7. The highest BCUT2D eigenvalue weighted by molar-refractivity contribution is 5.99. The quantitative estimate of drug-likeness (QED) is 0.119. The lowest BCUT2D eigenvalue weighted by Gasteiger charge is -2.35. The lowest BCUT2D eigenvalue weighted by molar-refractivity contribution is -0.143. The SMILES string of the molecule is CNCC(=O)NC(C(=O)N1CC(NC(=O)c2ccc(C(=O)NC3CC(C(=O)NC(C)c4ccccc4)N(C=O)C3)cc2)CC1C(=O)NC(C)c1ccccc1)C1CCCCC1. The van der Waals surface area contributed by atoms with Crippen LogP contribution in [0.1, 0.15) is 103 Å². The molecule has 15 nitrogen and oxygen atoms in total. The Morgan fingerprint density at radius 1 is 0.656 bits per heavy atom. The Hall–Kier alpha value is -6.09. The lowest BCUT2D eigenvalue weighted by atomic mass is 9.83. The van der Waals surface area contributed by atoms with Crippen LogP contribution in [-0.4, -0.2) is 109 Å². The van der Waals surface area contributed by atoms with Gasteiger partial charge in [-0.05, 0) is 87.9 Å². The van der Waals surface area contributed by atoms with Crippen molar-refractivity contribution in [2.24, 2.45) is 5.92 Å². The first-order valence-electron chi connectivity index (χ1n) is 21.3. The normalized spacial score (nSPS) is 21.7. The first-order valence-corrected chi connectivity index (χ1v) is 21.3. The van der Waals surface area contributed by atoms with Gasteiger partial charge in [0.1, 0.15) is 18.1 Å². The molecule has 3 aromatic carbocycles. The topological polar surface area (TPSA) is 198 Å². The molecule has 3 fully saturated rings. The van der Waals surface area contributed by atoms with Crippen LogP contribution in [0.4, 0.5) is 0 Å². The van der Waals surface area contributed by atoms with Crippen molar-refractivity contribution in [1.82, 2.24) is 41.7 Å². The number of hydrogen-bond donors (Lipinski definition) is 6. The number of rotatable bonds is 16. The van der Waals surface area contributed by atoms with Crippen molar-refractivity contribution >= 4 is 41.9 Å². The molecular formula is C46H58N8O7. The van der Waals surface area contributed by atoms with E-state index in [0.717, 1.165) is 43.2 Å². The van der Waals surface area contributed by atoms with Gasteiger partial charge in [0.2, 0.25) is 30.0 Å². The molecule has 61 heavy (non-hydrogen) atoms. The molecule has 3 aliphatic rings. The fraction of sp³-hybridized carbons (Fsp3) is 0.457. The number of nitrogens with zero attached hydrogens (tertiary/aromatic N) is 2. The van der Waals surface area contributed by atoms with E-state index in [2.05, 4.69) is 31.9 Å². The van der Waals surface area contributed by atoms with Gasteiger partial charge in [-0.15, -0.1) is 0 Å². The van der Waals surface area contributed by atoms with Crippen LogP contribution in [0.25, 0.3) is 0 Å². The van der Waals surface area contributed by atoms with Crippen molar-refractivity contribution in [3.63, 3.8) is 0 Å². The van der Waals surface area contributed by atoms with E-state index < -0.39 is 42.0 Å². The molecule has 2 aliphatic heterocycles. The highest BCUT2D eigenvalue weighted by Gasteiger charge is 2.45. The minimum atomic E-state index is -0.897. The van der Waals surface area contributed by atoms with Crippen LogP contribution < -0.4 is 31.9 Å². The van der Waals surface area contributed by atoms with Crippen LogP contribution in [-0.2, 0) is 24.0 Å². The van der Waals surface area contributed by atoms with Crippen LogP contribution in [0.2, 0.25) is 0 Å². The van der Waals surface area contributed by atoms with Gasteiger partial charge in [0.05, 0.1) is 18.6 Å². The van der Waals surface area contributed by atoms with Gasteiger partial charge in [0, 0.05) is 36.3 Å². The Morgan fingerprint density at radius 3 is 1.66 bits per heavy atom. The predicted octanol–water partition coefficient (Wildman–Crippen LogP) is 2.75. The van der Waals surface area contributed by atoms with Gasteiger partial charge in [0.25, 0.3) is 11.8 Å². The summed E-state index contributed by atoms with van der Waals surface area (Å²) in [5, 5.41) is 17.7. The molecule has 0 bridgehead atoms. The number of benzene rings is 3. The van der Waals surface area contributed by atoms with Gasteiger partial charge >= 0.3 is 0 Å². The number of nitrogens with one attached hydrogen (secondary N) is 6. The number of carbonyl (C=O) groups is 7. The number of amides is 7. The average Bonchev–Trinajstić information content (AvgIpc) is 3.90. The average molecular weight is 835 g/mol. The summed E-state index contributed by atoms with van der Waals surface area (Å²) in [4.78, 5) is 96.2. The smallest absolute Gasteiger partial charge is 0.251 e. The van der Waals surface area contributed by atoms with Gasteiger partial charge < -0.3 is 41.7 Å². The second kappa shape index (κ2) is 20.9. The van der Waals surface area contributed by atoms with Gasteiger partial charge in [0.15, 0.2) is 0 Å². The van der Waals surface area contributed by atoms with Gasteiger partial charge in [-0.2, -0.15) is 0 Å². The van der Waals surface area contributed by atoms with E-state index >= 15 is 0 Å². The first kappa shape index (κ1) is 44.5. The molecule has 6 rings (SSSR count). The zero-order chi connectivity index (χ0) is 43.5. The Morgan fingerprint density at radius 2 is 1.15 bits per heavy atom. The Balaban J connectivity index is 1.10. The number of likely N-dealkylation sites (N-methyl/N-ethyl adjacent to an activating group) is 1. The summed E-state index contributed by atoms with van der Waals surface area (Å²) in [6.45, 7) is 4.02. The molecule has 2 heterocycles. The van der Waals surface area contributed by atoms with Crippen molar-refractivity contribution in [2.45, 2.75) is 101 Å². The summed E-state index contributed by atoms with van der Waals surface area (Å²) in [6.07, 6.45) is 5.54. The van der Waals surface area contributed by atoms with E-state index in [-0.39, 0.29) is 85.2 Å². The number of likely N-dealkylation sites (tertiary alicyclic amines) is 2. The van der Waals surface area contributed by atoms with Gasteiger partial charge in [-0.3, -0.25) is 33.6 Å². The molecule has 6 N–H and O–H groups in total. The third kappa shape index (κ3) is 11.4. The molecule has 0 spiro atoms. The van der Waals surface area contributed by atoms with Crippen LogP contribution >= 0.6 is 0 Å². The Bertz CT molecular complexity index is 2010. The van der Waals surface area contributed by atoms with Crippen molar-refractivity contribution in [1.29, 1.82) is 0 Å². The molecule has 2 saturated heterocycles. The van der Waals surface area contributed by atoms with Crippen LogP contribution in [0.5, 0.6) is 0 Å². The van der Waals surface area contributed by atoms with Crippen molar-refractivity contribution in [2.75, 3.05) is 26.7 Å². The van der Waals surface area contributed by atoms with E-state index in [1.807, 2.05) is 74.5 Å². The lowest BCUT2D eigenvalue weighted by Crippen LogP contribution is -2.57. The molecule has 0 radical (unpaired) electrons. The van der Waals surface area contributed by atoms with Gasteiger partial charge in [-0.25, -0.2) is 0 Å². The minimum absolute atomic E-state index is 0.0433. The standard InChI is InChI=1S/C46H58N8O7/c1-29(31-13-7-4-8-14-31)48-44(59)38-23-36(26-53(38)28-55)50-42(57)34-19-21-35(22-20-34)43(58)51-37-24-39(45(60)49-30(2)32-15-9-5-10-16-32)54(27-37)46(61)41(52-40(56)25-47-3)33-17-11-6-12-18-33/h4-5,7-10,13-16,19-22,28-30,33,36-39,41,47H,6,11-12,17-18,23-27H2,1-3H3,(H,48,59)(H,49,60)(H,50,57)(H,51,58)(H,52,56). The van der Waals surface area contributed by atoms with E-state index in [0.29, 0.717) is 6.41 Å². The molecule has 7 unspecified atom stereocenters. The molecule has 15 heteroatoms. The molecule has 324 valence electrons. The summed E-state index contributed by atoms with van der Waals surface area (Å²) in [6, 6.07) is 21.0. The summed E-state index contributed by atoms with van der Waals surface area (Å²) in [5.74, 6) is -2.25. The summed E-state index contributed by atoms with van der Waals surface area (Å²) >= 11 is 0. The Kier molecular flexibility index (Phi) is 15.3. The number of hydrogen-bond acceptors (Lipinski definition) is 8. The third-order valence-electron chi connectivity index (χ3n) is 12.1. The monoisotopic (exact) mass is 834 g/mol. The van der Waals surface area contributed by atoms with Crippen LogP contribution in [0.15, 0.2) is 84.9 Å². The molecule has 7 amide bonds. The third-order valence-corrected chi connectivity index (χ3v) is 12.1. The zero-order valence-electron chi connectivity index (χ0n) is 35.1. The molecule has 1 aliphatic carbocycles. The van der Waals surface area contributed by atoms with E-state index in [4.69, 9.17) is 0 Å². The van der Waals surface area contributed by atoms with E-state index in [1.165, 1.54) is 34.1 Å². The maximum Gasteiger partial charge on any atom is 0.251 e. The second-order valence-electron chi connectivity index (χ2n) is 16.5. The predicted molar refractivity (Wildman–Crippen MR) is 229 cm³/mol. The molecule has 7 atom stereocenters. The van der Waals surface area contributed by atoms with Crippen LogP contribution in [0.3, 0.4) is 0 Å².